The van der Waals surface area contributed by atoms with Gasteiger partial charge in [-0.25, -0.2) is 4.98 Å². The van der Waals surface area contributed by atoms with Crippen LogP contribution in [0.15, 0.2) is 35.6 Å². The molecule has 0 saturated heterocycles. The molecule has 3 N–H and O–H groups in total. The molecule has 1 aromatic heterocycles. The number of aromatic nitrogens is 2. The number of halogens is 3. The molecule has 1 heterocycles. The number of rotatable bonds is 10. The van der Waals surface area contributed by atoms with Crippen molar-refractivity contribution in [2.75, 3.05) is 17.6 Å². The summed E-state index contributed by atoms with van der Waals surface area (Å²) < 4.78 is 41.8. The van der Waals surface area contributed by atoms with Crippen LogP contribution in [0.5, 0.6) is 5.75 Å². The maximum Gasteiger partial charge on any atom is 0.573 e. The van der Waals surface area contributed by atoms with E-state index < -0.39 is 18.0 Å². The summed E-state index contributed by atoms with van der Waals surface area (Å²) in [6.45, 7) is 2.10. The van der Waals surface area contributed by atoms with Crippen molar-refractivity contribution in [1.82, 2.24) is 14.9 Å². The third-order valence-electron chi connectivity index (χ3n) is 3.64. The highest BCUT2D eigenvalue weighted by Crippen LogP contribution is 2.24. The molecule has 0 saturated carbocycles. The highest BCUT2D eigenvalue weighted by molar-refractivity contribution is 7.99. The summed E-state index contributed by atoms with van der Waals surface area (Å²) in [5.41, 5.74) is 0.735. The monoisotopic (exact) mass is 446 g/mol. The van der Waals surface area contributed by atoms with E-state index in [9.17, 15) is 27.9 Å². The number of ether oxygens (including phenoxy) is 1. The molecule has 8 nitrogen and oxygen atoms in total. The second-order valence-corrected chi connectivity index (χ2v) is 6.98. The molecule has 0 aliphatic heterocycles. The van der Waals surface area contributed by atoms with Crippen LogP contribution in [0.3, 0.4) is 0 Å². The van der Waals surface area contributed by atoms with Gasteiger partial charge in [-0.05, 0) is 30.7 Å². The first-order valence-electron chi connectivity index (χ1n) is 8.92. The second-order valence-electron chi connectivity index (χ2n) is 6.04. The topological polar surface area (TPSA) is 105 Å². The number of nitrogens with zero attached hydrogens (tertiary/aromatic N) is 2. The molecule has 2 amide bonds. The summed E-state index contributed by atoms with van der Waals surface area (Å²) in [5.74, 6) is -1.11. The Morgan fingerprint density at radius 1 is 1.23 bits per heavy atom. The second kappa shape index (κ2) is 10.9. The highest BCUT2D eigenvalue weighted by Gasteiger charge is 2.31. The minimum absolute atomic E-state index is 0.0412. The van der Waals surface area contributed by atoms with Crippen molar-refractivity contribution < 1.29 is 32.6 Å². The molecular formula is C18H21F3N4O4S. The van der Waals surface area contributed by atoms with Crippen LogP contribution in [0.25, 0.3) is 0 Å². The van der Waals surface area contributed by atoms with Crippen molar-refractivity contribution in [3.05, 3.63) is 36.2 Å². The van der Waals surface area contributed by atoms with E-state index >= 15 is 0 Å². The molecule has 0 atom stereocenters. The molecule has 0 radical (unpaired) electrons. The fourth-order valence-corrected chi connectivity index (χ4v) is 3.13. The van der Waals surface area contributed by atoms with Crippen LogP contribution >= 0.6 is 11.8 Å². The molecule has 0 bridgehead atoms. The van der Waals surface area contributed by atoms with Gasteiger partial charge in [0.05, 0.1) is 24.3 Å². The number of benzene rings is 1. The molecule has 164 valence electrons. The Labute approximate surface area is 174 Å². The van der Waals surface area contributed by atoms with Crippen LogP contribution in [-0.2, 0) is 22.7 Å². The molecule has 30 heavy (non-hydrogen) atoms. The maximum atomic E-state index is 12.2. The lowest BCUT2D eigenvalue weighted by atomic mass is 10.3. The first kappa shape index (κ1) is 23.5. The summed E-state index contributed by atoms with van der Waals surface area (Å²) in [6, 6.07) is 4.75. The third kappa shape index (κ3) is 7.59. The minimum Gasteiger partial charge on any atom is -0.406 e. The van der Waals surface area contributed by atoms with Crippen LogP contribution < -0.4 is 15.4 Å². The van der Waals surface area contributed by atoms with E-state index in [-0.39, 0.29) is 24.8 Å². The summed E-state index contributed by atoms with van der Waals surface area (Å²) in [7, 11) is 0. The normalized spacial score (nSPS) is 11.2. The van der Waals surface area contributed by atoms with Gasteiger partial charge in [-0.3, -0.25) is 9.59 Å². The zero-order chi connectivity index (χ0) is 22.1. The highest BCUT2D eigenvalue weighted by atomic mass is 32.2. The Morgan fingerprint density at radius 3 is 2.53 bits per heavy atom. The lowest BCUT2D eigenvalue weighted by molar-refractivity contribution is -0.274. The van der Waals surface area contributed by atoms with Gasteiger partial charge in [-0.1, -0.05) is 18.7 Å². The number of amides is 2. The quantitative estimate of drug-likeness (QED) is 0.485. The lowest BCUT2D eigenvalue weighted by Crippen LogP contribution is -2.29. The number of hydrogen-bond acceptors (Lipinski definition) is 6. The van der Waals surface area contributed by atoms with Gasteiger partial charge in [0.1, 0.15) is 12.3 Å². The van der Waals surface area contributed by atoms with E-state index in [0.29, 0.717) is 23.1 Å². The van der Waals surface area contributed by atoms with Gasteiger partial charge in [0, 0.05) is 12.2 Å². The van der Waals surface area contributed by atoms with E-state index in [2.05, 4.69) is 20.4 Å². The number of thioether (sulfide) groups is 1. The molecule has 0 aliphatic rings. The van der Waals surface area contributed by atoms with Crippen LogP contribution in [0.2, 0.25) is 0 Å². The predicted octanol–water partition coefficient (Wildman–Crippen LogP) is 2.53. The standard InChI is InChI=1S/C18H21F3N4O4S/c1-2-7-22-15(27)9-25-13(10-26)8-23-17(25)30-11-16(28)24-12-3-5-14(6-4-12)29-18(19,20)21/h3-6,8,26H,2,7,9-11H2,1H3,(H,22,27)(H,24,28). The van der Waals surface area contributed by atoms with Gasteiger partial charge in [-0.2, -0.15) is 0 Å². The molecule has 1 aromatic carbocycles. The molecule has 0 fully saturated rings. The Hall–Kier alpha value is -2.73. The zero-order valence-corrected chi connectivity index (χ0v) is 16.8. The number of anilines is 1. The van der Waals surface area contributed by atoms with E-state index in [1.807, 2.05) is 6.92 Å². The summed E-state index contributed by atoms with van der Waals surface area (Å²) in [4.78, 5) is 28.2. The van der Waals surface area contributed by atoms with Crippen molar-refractivity contribution in [1.29, 1.82) is 0 Å². The molecule has 0 spiro atoms. The number of nitrogens with one attached hydrogen (secondary N) is 2. The number of carbonyl (C=O) groups is 2. The van der Waals surface area contributed by atoms with E-state index in [0.717, 1.165) is 30.3 Å². The smallest absolute Gasteiger partial charge is 0.406 e. The van der Waals surface area contributed by atoms with Crippen LogP contribution in [-0.4, -0.2) is 45.1 Å². The lowest BCUT2D eigenvalue weighted by Gasteiger charge is -2.11. The first-order valence-corrected chi connectivity index (χ1v) is 9.90. The van der Waals surface area contributed by atoms with E-state index in [1.165, 1.54) is 22.9 Å². The average Bonchev–Trinajstić information content (AvgIpc) is 3.06. The predicted molar refractivity (Wildman–Crippen MR) is 104 cm³/mol. The Morgan fingerprint density at radius 2 is 1.93 bits per heavy atom. The van der Waals surface area contributed by atoms with Crippen LogP contribution in [0.1, 0.15) is 19.0 Å². The average molecular weight is 446 g/mol. The van der Waals surface area contributed by atoms with Gasteiger partial charge in [0.15, 0.2) is 5.16 Å². The summed E-state index contributed by atoms with van der Waals surface area (Å²) in [5, 5.41) is 15.1. The zero-order valence-electron chi connectivity index (χ0n) is 16.0. The van der Waals surface area contributed by atoms with Crippen LogP contribution in [0.4, 0.5) is 18.9 Å². The molecular weight excluding hydrogens is 425 g/mol. The van der Waals surface area contributed by atoms with E-state index in [4.69, 9.17) is 0 Å². The largest absolute Gasteiger partial charge is 0.573 e. The van der Waals surface area contributed by atoms with Crippen molar-refractivity contribution in [3.63, 3.8) is 0 Å². The number of hydrogen-bond donors (Lipinski definition) is 3. The number of imidazole rings is 1. The molecule has 0 unspecified atom stereocenters. The molecule has 2 rings (SSSR count). The number of aliphatic hydroxyl groups excluding tert-OH is 1. The van der Waals surface area contributed by atoms with Crippen molar-refractivity contribution >= 4 is 29.3 Å². The minimum atomic E-state index is -4.79. The first-order chi connectivity index (χ1) is 14.2. The van der Waals surface area contributed by atoms with Crippen molar-refractivity contribution in [2.45, 2.75) is 38.0 Å². The maximum absolute atomic E-state index is 12.2. The summed E-state index contributed by atoms with van der Waals surface area (Å²) >= 11 is 1.06. The van der Waals surface area contributed by atoms with Crippen LogP contribution in [0, 0.1) is 0 Å². The third-order valence-corrected chi connectivity index (χ3v) is 4.63. The number of aliphatic hydroxyl groups is 1. The SMILES string of the molecule is CCCNC(=O)Cn1c(CO)cnc1SCC(=O)Nc1ccc(OC(F)(F)F)cc1. The van der Waals surface area contributed by atoms with Crippen molar-refractivity contribution in [2.24, 2.45) is 0 Å². The molecule has 12 heteroatoms. The fraction of sp³-hybridized carbons (Fsp3) is 0.389. The molecule has 2 aromatic rings. The van der Waals surface area contributed by atoms with Gasteiger partial charge in [0.2, 0.25) is 11.8 Å². The Balaban J connectivity index is 1.93. The van der Waals surface area contributed by atoms with E-state index in [1.54, 1.807) is 0 Å². The molecule has 0 aliphatic carbocycles. The van der Waals surface area contributed by atoms with Gasteiger partial charge >= 0.3 is 6.36 Å². The number of alkyl halides is 3. The Kier molecular flexibility index (Phi) is 8.54. The Bertz CT molecular complexity index is 856. The fourth-order valence-electron chi connectivity index (χ4n) is 2.33. The summed E-state index contributed by atoms with van der Waals surface area (Å²) in [6.07, 6.45) is -2.58. The van der Waals surface area contributed by atoms with Gasteiger partial charge < -0.3 is 25.0 Å². The van der Waals surface area contributed by atoms with Gasteiger partial charge in [-0.15, -0.1) is 13.2 Å². The van der Waals surface area contributed by atoms with Gasteiger partial charge in [0.25, 0.3) is 0 Å². The van der Waals surface area contributed by atoms with Crippen molar-refractivity contribution in [3.8, 4) is 5.75 Å². The number of carbonyl (C=O) groups excluding carboxylic acids is 2.